The molecule has 3 N–H and O–H groups in total. The number of thioether (sulfide) groups is 1. The standard InChI is InChI=1S/C8H12N4OS/c1-6(13)10-4-5-14-8-7(9)11-2-3-12-8/h2-3H,4-5H2,1H3,(H2,9,11)(H,10,13). The molecule has 1 heterocycles. The number of nitrogens with zero attached hydrogens (tertiary/aromatic N) is 2. The van der Waals surface area contributed by atoms with Crippen molar-refractivity contribution in [1.29, 1.82) is 0 Å². The van der Waals surface area contributed by atoms with Crippen LogP contribution in [0.15, 0.2) is 17.4 Å². The first-order chi connectivity index (χ1) is 6.70. The molecule has 0 aliphatic rings. The van der Waals surface area contributed by atoms with E-state index < -0.39 is 0 Å². The molecule has 6 heteroatoms. The van der Waals surface area contributed by atoms with Crippen LogP contribution in [0.2, 0.25) is 0 Å². The second kappa shape index (κ2) is 5.43. The zero-order chi connectivity index (χ0) is 10.4. The molecule has 0 bridgehead atoms. The first-order valence-corrected chi connectivity index (χ1v) is 5.12. The van der Waals surface area contributed by atoms with Crippen molar-refractivity contribution in [2.45, 2.75) is 11.9 Å². The lowest BCUT2D eigenvalue weighted by molar-refractivity contribution is -0.118. The van der Waals surface area contributed by atoms with E-state index >= 15 is 0 Å². The van der Waals surface area contributed by atoms with Crippen LogP contribution in [0.3, 0.4) is 0 Å². The summed E-state index contributed by atoms with van der Waals surface area (Å²) < 4.78 is 0. The molecule has 0 saturated heterocycles. The molecule has 0 spiro atoms. The molecule has 14 heavy (non-hydrogen) atoms. The Balaban J connectivity index is 2.31. The zero-order valence-corrected chi connectivity index (χ0v) is 8.67. The number of hydrogen-bond donors (Lipinski definition) is 2. The maximum Gasteiger partial charge on any atom is 0.216 e. The Hall–Kier alpha value is -1.30. The summed E-state index contributed by atoms with van der Waals surface area (Å²) in [5.41, 5.74) is 5.58. The number of amides is 1. The van der Waals surface area contributed by atoms with Crippen molar-refractivity contribution >= 4 is 23.5 Å². The van der Waals surface area contributed by atoms with E-state index in [2.05, 4.69) is 15.3 Å². The van der Waals surface area contributed by atoms with Gasteiger partial charge in [-0.1, -0.05) is 0 Å². The Morgan fingerprint density at radius 2 is 2.29 bits per heavy atom. The van der Waals surface area contributed by atoms with Crippen molar-refractivity contribution in [3.8, 4) is 0 Å². The van der Waals surface area contributed by atoms with Gasteiger partial charge in [0.05, 0.1) is 0 Å². The smallest absolute Gasteiger partial charge is 0.216 e. The molecule has 1 aromatic rings. The van der Waals surface area contributed by atoms with Crippen LogP contribution in [0.25, 0.3) is 0 Å². The minimum Gasteiger partial charge on any atom is -0.381 e. The quantitative estimate of drug-likeness (QED) is 0.553. The highest BCUT2D eigenvalue weighted by Gasteiger charge is 2.00. The largest absolute Gasteiger partial charge is 0.381 e. The van der Waals surface area contributed by atoms with Gasteiger partial charge in [-0.25, -0.2) is 9.97 Å². The highest BCUT2D eigenvalue weighted by molar-refractivity contribution is 7.99. The van der Waals surface area contributed by atoms with Gasteiger partial charge < -0.3 is 11.1 Å². The molecule has 0 aliphatic heterocycles. The number of carbonyl (C=O) groups is 1. The summed E-state index contributed by atoms with van der Waals surface area (Å²) in [5.74, 6) is 1.14. The van der Waals surface area contributed by atoms with Gasteiger partial charge in [0.15, 0.2) is 5.82 Å². The highest BCUT2D eigenvalue weighted by Crippen LogP contribution is 2.18. The van der Waals surface area contributed by atoms with Gasteiger partial charge in [0.2, 0.25) is 5.91 Å². The summed E-state index contributed by atoms with van der Waals surface area (Å²) in [6.07, 6.45) is 3.14. The number of nitrogens with two attached hydrogens (primary N) is 1. The fourth-order valence-corrected chi connectivity index (χ4v) is 1.56. The van der Waals surface area contributed by atoms with Crippen molar-refractivity contribution in [3.63, 3.8) is 0 Å². The molecule has 0 aromatic carbocycles. The average molecular weight is 212 g/mol. The second-order valence-corrected chi connectivity index (χ2v) is 3.66. The van der Waals surface area contributed by atoms with E-state index in [0.717, 1.165) is 5.75 Å². The van der Waals surface area contributed by atoms with Crippen LogP contribution in [-0.2, 0) is 4.79 Å². The van der Waals surface area contributed by atoms with Crippen molar-refractivity contribution in [1.82, 2.24) is 15.3 Å². The number of nitrogen functional groups attached to an aromatic ring is 1. The molecule has 0 aliphatic carbocycles. The topological polar surface area (TPSA) is 80.9 Å². The molecule has 0 unspecified atom stereocenters. The lowest BCUT2D eigenvalue weighted by atomic mass is 10.6. The van der Waals surface area contributed by atoms with Crippen molar-refractivity contribution in [2.75, 3.05) is 18.0 Å². The third-order valence-corrected chi connectivity index (χ3v) is 2.40. The van der Waals surface area contributed by atoms with Crippen LogP contribution in [0.5, 0.6) is 0 Å². The summed E-state index contributed by atoms with van der Waals surface area (Å²) in [7, 11) is 0. The Kier molecular flexibility index (Phi) is 4.18. The summed E-state index contributed by atoms with van der Waals surface area (Å²) in [4.78, 5) is 18.5. The summed E-state index contributed by atoms with van der Waals surface area (Å²) in [5, 5.41) is 3.39. The molecule has 0 atom stereocenters. The first kappa shape index (κ1) is 10.8. The average Bonchev–Trinajstić information content (AvgIpc) is 2.15. The lowest BCUT2D eigenvalue weighted by Gasteiger charge is -2.03. The number of nitrogens with one attached hydrogen (secondary N) is 1. The number of anilines is 1. The molecule has 0 fully saturated rings. The van der Waals surface area contributed by atoms with Crippen LogP contribution in [-0.4, -0.2) is 28.2 Å². The number of aromatic nitrogens is 2. The Morgan fingerprint density at radius 3 is 2.93 bits per heavy atom. The Labute approximate surface area is 86.5 Å². The minimum absolute atomic E-state index is 0.0299. The summed E-state index contributed by atoms with van der Waals surface area (Å²) in [6, 6.07) is 0. The van der Waals surface area contributed by atoms with Gasteiger partial charge in [-0.15, -0.1) is 11.8 Å². The molecule has 1 rings (SSSR count). The van der Waals surface area contributed by atoms with Crippen LogP contribution in [0.1, 0.15) is 6.92 Å². The molecule has 0 saturated carbocycles. The minimum atomic E-state index is -0.0299. The van der Waals surface area contributed by atoms with Crippen LogP contribution < -0.4 is 11.1 Å². The summed E-state index contributed by atoms with van der Waals surface area (Å²) >= 11 is 1.48. The van der Waals surface area contributed by atoms with E-state index in [0.29, 0.717) is 17.4 Å². The van der Waals surface area contributed by atoms with Gasteiger partial charge in [0, 0.05) is 31.6 Å². The van der Waals surface area contributed by atoms with Gasteiger partial charge in [-0.05, 0) is 0 Å². The SMILES string of the molecule is CC(=O)NCCSc1nccnc1N. The van der Waals surface area contributed by atoms with Crippen LogP contribution in [0, 0.1) is 0 Å². The molecule has 1 amide bonds. The number of hydrogen-bond acceptors (Lipinski definition) is 5. The van der Waals surface area contributed by atoms with E-state index in [9.17, 15) is 4.79 Å². The molecule has 5 nitrogen and oxygen atoms in total. The molecular weight excluding hydrogens is 200 g/mol. The summed E-state index contributed by atoms with van der Waals surface area (Å²) in [6.45, 7) is 2.09. The molecule has 0 radical (unpaired) electrons. The van der Waals surface area contributed by atoms with Gasteiger partial charge in [0.1, 0.15) is 5.03 Å². The zero-order valence-electron chi connectivity index (χ0n) is 7.86. The van der Waals surface area contributed by atoms with E-state index in [1.54, 1.807) is 12.4 Å². The van der Waals surface area contributed by atoms with E-state index in [1.807, 2.05) is 0 Å². The predicted molar refractivity (Wildman–Crippen MR) is 55.9 cm³/mol. The second-order valence-electron chi connectivity index (χ2n) is 2.58. The maximum atomic E-state index is 10.5. The van der Waals surface area contributed by atoms with E-state index in [1.165, 1.54) is 18.7 Å². The predicted octanol–water partition coefficient (Wildman–Crippen LogP) is 0.287. The third-order valence-electron chi connectivity index (χ3n) is 1.41. The normalized spacial score (nSPS) is 9.79. The number of carbonyl (C=O) groups excluding carboxylic acids is 1. The van der Waals surface area contributed by atoms with Gasteiger partial charge in [-0.2, -0.15) is 0 Å². The fraction of sp³-hybridized carbons (Fsp3) is 0.375. The molecule has 76 valence electrons. The number of rotatable bonds is 4. The van der Waals surface area contributed by atoms with E-state index in [4.69, 9.17) is 5.73 Å². The third kappa shape index (κ3) is 3.61. The lowest BCUT2D eigenvalue weighted by Crippen LogP contribution is -2.22. The Bertz CT molecular complexity index is 318. The van der Waals surface area contributed by atoms with Crippen LogP contribution >= 0.6 is 11.8 Å². The van der Waals surface area contributed by atoms with Gasteiger partial charge in [-0.3, -0.25) is 4.79 Å². The van der Waals surface area contributed by atoms with Crippen molar-refractivity contribution < 1.29 is 4.79 Å². The highest BCUT2D eigenvalue weighted by atomic mass is 32.2. The van der Waals surface area contributed by atoms with Crippen molar-refractivity contribution in [2.24, 2.45) is 0 Å². The molecular formula is C8H12N4OS. The van der Waals surface area contributed by atoms with Gasteiger partial charge >= 0.3 is 0 Å². The van der Waals surface area contributed by atoms with Crippen molar-refractivity contribution in [3.05, 3.63) is 12.4 Å². The van der Waals surface area contributed by atoms with E-state index in [-0.39, 0.29) is 5.91 Å². The molecule has 1 aromatic heterocycles. The Morgan fingerprint density at radius 1 is 1.57 bits per heavy atom. The first-order valence-electron chi connectivity index (χ1n) is 4.14. The van der Waals surface area contributed by atoms with Crippen LogP contribution in [0.4, 0.5) is 5.82 Å². The monoisotopic (exact) mass is 212 g/mol. The fourth-order valence-electron chi connectivity index (χ4n) is 0.822. The maximum absolute atomic E-state index is 10.5. The van der Waals surface area contributed by atoms with Gasteiger partial charge in [0.25, 0.3) is 0 Å².